The van der Waals surface area contributed by atoms with Crippen LogP contribution in [0.5, 0.6) is 0 Å². The highest BCUT2D eigenvalue weighted by Gasteiger charge is 2.26. The summed E-state index contributed by atoms with van der Waals surface area (Å²) in [4.78, 5) is 14.6. The van der Waals surface area contributed by atoms with Gasteiger partial charge in [-0.3, -0.25) is 4.79 Å². The van der Waals surface area contributed by atoms with Crippen LogP contribution in [0.2, 0.25) is 10.0 Å². The number of anilines is 1. The molecule has 0 aromatic heterocycles. The highest BCUT2D eigenvalue weighted by Crippen LogP contribution is 2.29. The molecule has 1 aromatic rings. The zero-order valence-electron chi connectivity index (χ0n) is 12.1. The van der Waals surface area contributed by atoms with E-state index in [4.69, 9.17) is 23.2 Å². The molecule has 1 aliphatic heterocycles. The standard InChI is InChI=1S/C15H20Cl2N2O.ClH/c1-2-9-19(12-3-4-13(16)14(17)10-12)15(20)11-5-7-18-8-6-11;/h3-4,10-11,18H,2,5-9H2,1H3;1H. The summed E-state index contributed by atoms with van der Waals surface area (Å²) in [5, 5.41) is 4.29. The van der Waals surface area contributed by atoms with Crippen LogP contribution in [-0.4, -0.2) is 25.5 Å². The Morgan fingerprint density at radius 3 is 2.52 bits per heavy atom. The van der Waals surface area contributed by atoms with Crippen LogP contribution in [0.15, 0.2) is 18.2 Å². The summed E-state index contributed by atoms with van der Waals surface area (Å²) >= 11 is 12.0. The summed E-state index contributed by atoms with van der Waals surface area (Å²) in [6.07, 6.45) is 2.72. The fourth-order valence-electron chi connectivity index (χ4n) is 2.53. The summed E-state index contributed by atoms with van der Waals surface area (Å²) in [5.74, 6) is 0.309. The SMILES string of the molecule is CCCN(C(=O)C1CCNCC1)c1ccc(Cl)c(Cl)c1.Cl. The van der Waals surface area contributed by atoms with Gasteiger partial charge in [0.15, 0.2) is 0 Å². The minimum absolute atomic E-state index is 0. The second-order valence-corrected chi connectivity index (χ2v) is 5.93. The van der Waals surface area contributed by atoms with Gasteiger partial charge in [0, 0.05) is 18.2 Å². The number of amides is 1. The number of hydrogen-bond donors (Lipinski definition) is 1. The third-order valence-electron chi connectivity index (χ3n) is 3.62. The van der Waals surface area contributed by atoms with Gasteiger partial charge < -0.3 is 10.2 Å². The van der Waals surface area contributed by atoms with Gasteiger partial charge in [-0.2, -0.15) is 0 Å². The Balaban J connectivity index is 0.00000220. The van der Waals surface area contributed by atoms with Gasteiger partial charge in [-0.1, -0.05) is 30.1 Å². The molecule has 2 rings (SSSR count). The van der Waals surface area contributed by atoms with Crippen LogP contribution in [0.25, 0.3) is 0 Å². The molecular formula is C15H21Cl3N2O. The molecule has 0 aliphatic carbocycles. The minimum Gasteiger partial charge on any atom is -0.317 e. The maximum absolute atomic E-state index is 12.7. The second-order valence-electron chi connectivity index (χ2n) is 5.11. The Bertz CT molecular complexity index is 476. The van der Waals surface area contributed by atoms with E-state index in [0.29, 0.717) is 16.6 Å². The largest absolute Gasteiger partial charge is 0.317 e. The number of halogens is 3. The van der Waals surface area contributed by atoms with Crippen LogP contribution in [0.1, 0.15) is 26.2 Å². The van der Waals surface area contributed by atoms with E-state index < -0.39 is 0 Å². The van der Waals surface area contributed by atoms with Gasteiger partial charge >= 0.3 is 0 Å². The lowest BCUT2D eigenvalue weighted by atomic mass is 9.96. The number of piperidine rings is 1. The van der Waals surface area contributed by atoms with Crippen molar-refractivity contribution in [3.05, 3.63) is 28.2 Å². The summed E-state index contributed by atoms with van der Waals surface area (Å²) in [6.45, 7) is 4.61. The second kappa shape index (κ2) is 8.84. The number of nitrogens with one attached hydrogen (secondary N) is 1. The maximum Gasteiger partial charge on any atom is 0.230 e. The average Bonchev–Trinajstić information content (AvgIpc) is 2.48. The third-order valence-corrected chi connectivity index (χ3v) is 4.36. The number of carbonyl (C=O) groups excluding carboxylic acids is 1. The summed E-state index contributed by atoms with van der Waals surface area (Å²) in [5.41, 5.74) is 0.838. The summed E-state index contributed by atoms with van der Waals surface area (Å²) < 4.78 is 0. The molecule has 1 N–H and O–H groups in total. The van der Waals surface area contributed by atoms with Crippen molar-refractivity contribution < 1.29 is 4.79 Å². The number of nitrogens with zero attached hydrogens (tertiary/aromatic N) is 1. The smallest absolute Gasteiger partial charge is 0.230 e. The first-order valence-corrected chi connectivity index (χ1v) is 7.86. The van der Waals surface area contributed by atoms with Gasteiger partial charge in [0.1, 0.15) is 0 Å². The highest BCUT2D eigenvalue weighted by molar-refractivity contribution is 6.42. The van der Waals surface area contributed by atoms with Gasteiger partial charge in [0.05, 0.1) is 10.0 Å². The van der Waals surface area contributed by atoms with E-state index in [1.165, 1.54) is 0 Å². The van der Waals surface area contributed by atoms with Crippen molar-refractivity contribution in [1.29, 1.82) is 0 Å². The van der Waals surface area contributed by atoms with Crippen LogP contribution in [0.4, 0.5) is 5.69 Å². The van der Waals surface area contributed by atoms with Crippen LogP contribution in [0, 0.1) is 5.92 Å². The number of benzene rings is 1. The zero-order valence-corrected chi connectivity index (χ0v) is 14.4. The first-order chi connectivity index (χ1) is 9.63. The molecule has 0 spiro atoms. The van der Waals surface area contributed by atoms with E-state index in [0.717, 1.165) is 38.0 Å². The molecule has 1 aliphatic rings. The number of rotatable bonds is 4. The molecule has 0 atom stereocenters. The maximum atomic E-state index is 12.7. The van der Waals surface area contributed by atoms with Crippen molar-refractivity contribution in [1.82, 2.24) is 5.32 Å². The molecule has 3 nitrogen and oxygen atoms in total. The van der Waals surface area contributed by atoms with E-state index in [1.807, 2.05) is 11.0 Å². The zero-order chi connectivity index (χ0) is 14.5. The minimum atomic E-state index is 0. The molecule has 6 heteroatoms. The quantitative estimate of drug-likeness (QED) is 0.883. The van der Waals surface area contributed by atoms with E-state index in [2.05, 4.69) is 12.2 Å². The van der Waals surface area contributed by atoms with Crippen LogP contribution >= 0.6 is 35.6 Å². The van der Waals surface area contributed by atoms with Crippen LogP contribution < -0.4 is 10.2 Å². The number of carbonyl (C=O) groups is 1. The van der Waals surface area contributed by atoms with Crippen molar-refractivity contribution in [3.8, 4) is 0 Å². The number of hydrogen-bond acceptors (Lipinski definition) is 2. The lowest BCUT2D eigenvalue weighted by Gasteiger charge is -2.29. The van der Waals surface area contributed by atoms with Crippen molar-refractivity contribution >= 4 is 47.2 Å². The molecule has 1 aromatic carbocycles. The van der Waals surface area contributed by atoms with E-state index >= 15 is 0 Å². The lowest BCUT2D eigenvalue weighted by molar-refractivity contribution is -0.123. The van der Waals surface area contributed by atoms with E-state index in [1.54, 1.807) is 12.1 Å². The van der Waals surface area contributed by atoms with E-state index in [9.17, 15) is 4.79 Å². The summed E-state index contributed by atoms with van der Waals surface area (Å²) in [6, 6.07) is 5.39. The third kappa shape index (κ3) is 4.75. The van der Waals surface area contributed by atoms with Crippen LogP contribution in [0.3, 0.4) is 0 Å². The Kier molecular flexibility index (Phi) is 7.82. The Hall–Kier alpha value is -0.480. The van der Waals surface area contributed by atoms with E-state index in [-0.39, 0.29) is 24.2 Å². The first-order valence-electron chi connectivity index (χ1n) is 7.10. The summed E-state index contributed by atoms with van der Waals surface area (Å²) in [7, 11) is 0. The normalized spacial score (nSPS) is 15.4. The van der Waals surface area contributed by atoms with Crippen LogP contribution in [-0.2, 0) is 4.79 Å². The predicted octanol–water partition coefficient (Wildman–Crippen LogP) is 4.16. The fraction of sp³-hybridized carbons (Fsp3) is 0.533. The van der Waals surface area contributed by atoms with Gasteiger partial charge in [0.25, 0.3) is 0 Å². The molecule has 0 bridgehead atoms. The van der Waals surface area contributed by atoms with Gasteiger partial charge in [0.2, 0.25) is 5.91 Å². The van der Waals surface area contributed by atoms with Crippen molar-refractivity contribution in [2.24, 2.45) is 5.92 Å². The molecule has 21 heavy (non-hydrogen) atoms. The molecule has 1 amide bonds. The molecule has 0 radical (unpaired) electrons. The van der Waals surface area contributed by atoms with Gasteiger partial charge in [-0.15, -0.1) is 12.4 Å². The molecule has 1 heterocycles. The molecule has 0 saturated carbocycles. The Morgan fingerprint density at radius 2 is 1.95 bits per heavy atom. The predicted molar refractivity (Wildman–Crippen MR) is 91.9 cm³/mol. The molecule has 0 unspecified atom stereocenters. The Labute approximate surface area is 142 Å². The van der Waals surface area contributed by atoms with Gasteiger partial charge in [-0.25, -0.2) is 0 Å². The molecule has 1 fully saturated rings. The van der Waals surface area contributed by atoms with Gasteiger partial charge in [-0.05, 0) is 50.6 Å². The molecular weight excluding hydrogens is 331 g/mol. The Morgan fingerprint density at radius 1 is 1.29 bits per heavy atom. The first kappa shape index (κ1) is 18.6. The average molecular weight is 352 g/mol. The molecule has 118 valence electrons. The fourth-order valence-corrected chi connectivity index (χ4v) is 2.82. The molecule has 1 saturated heterocycles. The monoisotopic (exact) mass is 350 g/mol. The van der Waals surface area contributed by atoms with Crippen molar-refractivity contribution in [3.63, 3.8) is 0 Å². The van der Waals surface area contributed by atoms with Crippen molar-refractivity contribution in [2.45, 2.75) is 26.2 Å². The lowest BCUT2D eigenvalue weighted by Crippen LogP contribution is -2.41. The van der Waals surface area contributed by atoms with Crippen molar-refractivity contribution in [2.75, 3.05) is 24.5 Å². The topological polar surface area (TPSA) is 32.3 Å². The highest BCUT2D eigenvalue weighted by atomic mass is 35.5.